The predicted molar refractivity (Wildman–Crippen MR) is 123 cm³/mol. The molecule has 2 aliphatic heterocycles. The normalized spacial score (nSPS) is 21.6. The minimum absolute atomic E-state index is 0.00237. The third-order valence-corrected chi connectivity index (χ3v) is 8.13. The molecule has 5 rings (SSSR count). The molecule has 2 amide bonds. The summed E-state index contributed by atoms with van der Waals surface area (Å²) >= 11 is 2.15. The highest BCUT2D eigenvalue weighted by atomic mass is 32.2. The molecule has 3 heterocycles. The van der Waals surface area contributed by atoms with Crippen molar-refractivity contribution >= 4 is 46.6 Å². The first-order valence-electron chi connectivity index (χ1n) is 10.2. The number of H-pyrrole nitrogens is 1. The Kier molecular flexibility index (Phi) is 5.34. The van der Waals surface area contributed by atoms with E-state index in [4.69, 9.17) is 4.74 Å². The number of hydrogen-bond donors (Lipinski definition) is 2. The quantitative estimate of drug-likeness (QED) is 0.433. The number of phenolic OH excluding ortho intramolecular Hbond substituents is 1. The number of esters is 1. The summed E-state index contributed by atoms with van der Waals surface area (Å²) in [6, 6.07) is 12.7. The Morgan fingerprint density at radius 1 is 1.09 bits per heavy atom. The van der Waals surface area contributed by atoms with Crippen LogP contribution >= 0.6 is 23.1 Å². The second-order valence-electron chi connectivity index (χ2n) is 7.59. The fraction of sp³-hybridized carbons (Fsp3) is 0.217. The summed E-state index contributed by atoms with van der Waals surface area (Å²) in [6.45, 7) is 1.95. The van der Waals surface area contributed by atoms with E-state index in [1.165, 1.54) is 30.3 Å². The average molecular weight is 483 g/mol. The highest BCUT2D eigenvalue weighted by molar-refractivity contribution is 8.00. The summed E-state index contributed by atoms with van der Waals surface area (Å²) < 4.78 is 4.98. The van der Waals surface area contributed by atoms with Crippen LogP contribution in [-0.4, -0.2) is 39.7 Å². The van der Waals surface area contributed by atoms with Gasteiger partial charge in [0, 0.05) is 16.4 Å². The lowest BCUT2D eigenvalue weighted by Crippen LogP contribution is -2.32. The number of rotatable bonds is 4. The second kappa shape index (κ2) is 8.20. The summed E-state index contributed by atoms with van der Waals surface area (Å²) in [5.74, 6) is -2.74. The number of imide groups is 1. The summed E-state index contributed by atoms with van der Waals surface area (Å²) in [7, 11) is 0. The van der Waals surface area contributed by atoms with Gasteiger partial charge in [-0.15, -0.1) is 0 Å². The van der Waals surface area contributed by atoms with Crippen LogP contribution in [0.15, 0.2) is 58.4 Å². The van der Waals surface area contributed by atoms with Crippen molar-refractivity contribution in [3.63, 3.8) is 0 Å². The van der Waals surface area contributed by atoms with Crippen LogP contribution in [0.2, 0.25) is 0 Å². The maximum atomic E-state index is 13.6. The number of benzene rings is 2. The maximum Gasteiger partial charge on any atom is 0.338 e. The van der Waals surface area contributed by atoms with Gasteiger partial charge < -0.3 is 14.8 Å². The molecule has 0 spiro atoms. The summed E-state index contributed by atoms with van der Waals surface area (Å²) in [5, 5.41) is 10.3. The van der Waals surface area contributed by atoms with Crippen molar-refractivity contribution in [2.45, 2.75) is 23.1 Å². The molecular formula is C23H18N2O6S2. The molecule has 0 radical (unpaired) electrons. The van der Waals surface area contributed by atoms with Crippen molar-refractivity contribution < 1.29 is 24.2 Å². The number of amides is 2. The molecule has 0 bridgehead atoms. The standard InChI is InChI=1S/C23H18N2O6S2/c1-2-31-22(29)11-7-9-12(10-8-11)25-20(27)16-15(13-5-3-4-6-14(13)26)17-19(24-23(30)33-17)32-18(16)21(25)28/h3-10,15-16,18,26H,2H2,1H3,(H,24,30)/t15-,16?,18?/m1/s1. The fourth-order valence-corrected chi connectivity index (χ4v) is 6.82. The van der Waals surface area contributed by atoms with Crippen LogP contribution in [0.3, 0.4) is 0 Å². The number of nitrogens with one attached hydrogen (secondary N) is 1. The zero-order valence-corrected chi connectivity index (χ0v) is 18.9. The van der Waals surface area contributed by atoms with Crippen molar-refractivity contribution in [1.82, 2.24) is 4.98 Å². The number of carbonyl (C=O) groups excluding carboxylic acids is 3. The Bertz CT molecular complexity index is 1330. The number of nitrogens with zero attached hydrogens (tertiary/aromatic N) is 1. The van der Waals surface area contributed by atoms with Gasteiger partial charge in [0.2, 0.25) is 11.8 Å². The third kappa shape index (κ3) is 3.46. The van der Waals surface area contributed by atoms with E-state index in [1.807, 2.05) is 0 Å². The molecule has 168 valence electrons. The van der Waals surface area contributed by atoms with E-state index in [1.54, 1.807) is 25.1 Å². The number of ether oxygens (including phenoxy) is 1. The number of thioether (sulfide) groups is 1. The van der Waals surface area contributed by atoms with E-state index in [2.05, 4.69) is 4.98 Å². The van der Waals surface area contributed by atoms with Gasteiger partial charge in [-0.3, -0.25) is 14.4 Å². The predicted octanol–water partition coefficient (Wildman–Crippen LogP) is 3.11. The zero-order chi connectivity index (χ0) is 23.3. The maximum absolute atomic E-state index is 13.6. The van der Waals surface area contributed by atoms with Crippen LogP contribution in [0.4, 0.5) is 5.69 Å². The van der Waals surface area contributed by atoms with Crippen LogP contribution in [-0.2, 0) is 14.3 Å². The molecule has 2 N–H and O–H groups in total. The van der Waals surface area contributed by atoms with Gasteiger partial charge in [0.1, 0.15) is 11.0 Å². The number of para-hydroxylation sites is 1. The van der Waals surface area contributed by atoms with Crippen LogP contribution in [0.5, 0.6) is 5.75 Å². The molecule has 2 aliphatic rings. The number of fused-ring (bicyclic) bond motifs is 2. The lowest BCUT2D eigenvalue weighted by molar-refractivity contribution is -0.122. The first kappa shape index (κ1) is 21.5. The van der Waals surface area contributed by atoms with Crippen molar-refractivity contribution in [2.24, 2.45) is 5.92 Å². The van der Waals surface area contributed by atoms with Gasteiger partial charge in [0.15, 0.2) is 0 Å². The van der Waals surface area contributed by atoms with Crippen LogP contribution in [0.25, 0.3) is 0 Å². The number of hydrogen-bond acceptors (Lipinski definition) is 8. The molecular weight excluding hydrogens is 464 g/mol. The van der Waals surface area contributed by atoms with Crippen molar-refractivity contribution in [3.8, 4) is 5.75 Å². The topological polar surface area (TPSA) is 117 Å². The summed E-state index contributed by atoms with van der Waals surface area (Å²) in [6.07, 6.45) is 0. The molecule has 2 aromatic carbocycles. The van der Waals surface area contributed by atoms with E-state index >= 15 is 0 Å². The molecule has 1 fully saturated rings. The van der Waals surface area contributed by atoms with Gasteiger partial charge in [-0.25, -0.2) is 9.69 Å². The lowest BCUT2D eigenvalue weighted by atomic mass is 9.82. The van der Waals surface area contributed by atoms with Crippen LogP contribution in [0, 0.1) is 5.92 Å². The first-order valence-corrected chi connectivity index (χ1v) is 11.9. The number of aromatic nitrogens is 1. The first-order chi connectivity index (χ1) is 15.9. The van der Waals surface area contributed by atoms with Crippen LogP contribution in [0.1, 0.15) is 33.6 Å². The Labute approximate surface area is 196 Å². The van der Waals surface area contributed by atoms with E-state index in [9.17, 15) is 24.3 Å². The third-order valence-electron chi connectivity index (χ3n) is 5.73. The van der Waals surface area contributed by atoms with Crippen molar-refractivity contribution in [3.05, 3.63) is 74.2 Å². The lowest BCUT2D eigenvalue weighted by Gasteiger charge is -2.30. The molecule has 0 aliphatic carbocycles. The van der Waals surface area contributed by atoms with E-state index in [0.29, 0.717) is 26.7 Å². The van der Waals surface area contributed by atoms with Gasteiger partial charge in [-0.05, 0) is 37.3 Å². The van der Waals surface area contributed by atoms with Crippen molar-refractivity contribution in [2.75, 3.05) is 11.5 Å². The van der Waals surface area contributed by atoms with Gasteiger partial charge >= 0.3 is 10.8 Å². The highest BCUT2D eigenvalue weighted by Crippen LogP contribution is 2.54. The molecule has 10 heteroatoms. The molecule has 2 unspecified atom stereocenters. The fourth-order valence-electron chi connectivity index (χ4n) is 4.32. The van der Waals surface area contributed by atoms with Gasteiger partial charge in [-0.2, -0.15) is 0 Å². The molecule has 8 nitrogen and oxygen atoms in total. The Balaban J connectivity index is 1.56. The Hall–Kier alpha value is -3.37. The highest BCUT2D eigenvalue weighted by Gasteiger charge is 2.56. The summed E-state index contributed by atoms with van der Waals surface area (Å²) in [4.78, 5) is 55.3. The molecule has 0 saturated carbocycles. The van der Waals surface area contributed by atoms with E-state index < -0.39 is 34.9 Å². The Morgan fingerprint density at radius 2 is 1.82 bits per heavy atom. The molecule has 1 aromatic heterocycles. The number of anilines is 1. The van der Waals surface area contributed by atoms with Gasteiger partial charge in [0.05, 0.1) is 28.8 Å². The number of aromatic hydroxyl groups is 1. The zero-order valence-electron chi connectivity index (χ0n) is 17.3. The number of phenols is 1. The summed E-state index contributed by atoms with van der Waals surface area (Å²) in [5.41, 5.74) is 1.16. The number of carbonyl (C=O) groups is 3. The minimum atomic E-state index is -0.792. The van der Waals surface area contributed by atoms with Gasteiger partial charge in [0.25, 0.3) is 0 Å². The monoisotopic (exact) mass is 482 g/mol. The van der Waals surface area contributed by atoms with Crippen molar-refractivity contribution in [1.29, 1.82) is 0 Å². The van der Waals surface area contributed by atoms with Gasteiger partial charge in [-0.1, -0.05) is 41.3 Å². The number of aromatic amines is 1. The molecule has 1 saturated heterocycles. The molecule has 3 aromatic rings. The minimum Gasteiger partial charge on any atom is -0.508 e. The molecule has 3 atom stereocenters. The SMILES string of the molecule is CCOC(=O)c1ccc(N2C(=O)C3Sc4[nH]c(=O)sc4[C@H](c4ccccc4O)C3C2=O)cc1. The van der Waals surface area contributed by atoms with E-state index in [0.717, 1.165) is 28.0 Å². The largest absolute Gasteiger partial charge is 0.508 e. The Morgan fingerprint density at radius 3 is 2.52 bits per heavy atom. The molecule has 33 heavy (non-hydrogen) atoms. The second-order valence-corrected chi connectivity index (χ2v) is 9.75. The number of thiazole rings is 1. The average Bonchev–Trinajstić information content (AvgIpc) is 3.29. The van der Waals surface area contributed by atoms with Crippen LogP contribution < -0.4 is 9.77 Å². The smallest absolute Gasteiger partial charge is 0.338 e. The van der Waals surface area contributed by atoms with E-state index in [-0.39, 0.29) is 17.2 Å².